The van der Waals surface area contributed by atoms with E-state index in [9.17, 15) is 0 Å². The zero-order valence-corrected chi connectivity index (χ0v) is 12.5. The second-order valence-electron chi connectivity index (χ2n) is 6.02. The minimum atomic E-state index is 0.217. The van der Waals surface area contributed by atoms with E-state index in [1.807, 2.05) is 0 Å². The van der Waals surface area contributed by atoms with Gasteiger partial charge in [0.05, 0.1) is 0 Å². The smallest absolute Gasteiger partial charge is 0.131 e. The summed E-state index contributed by atoms with van der Waals surface area (Å²) in [6.45, 7) is 6.48. The second-order valence-corrected chi connectivity index (χ2v) is 6.02. The Labute approximate surface area is 117 Å². The van der Waals surface area contributed by atoms with Gasteiger partial charge < -0.3 is 5.73 Å². The summed E-state index contributed by atoms with van der Waals surface area (Å²) in [4.78, 5) is 9.45. The number of nitrogens with zero attached hydrogens (tertiary/aromatic N) is 2. The minimum Gasteiger partial charge on any atom is -0.327 e. The van der Waals surface area contributed by atoms with E-state index in [4.69, 9.17) is 10.7 Å². The van der Waals surface area contributed by atoms with E-state index in [0.29, 0.717) is 5.92 Å². The highest BCUT2D eigenvalue weighted by Gasteiger charge is 2.27. The molecule has 0 aliphatic heterocycles. The molecule has 0 aromatic carbocycles. The van der Waals surface area contributed by atoms with E-state index in [1.165, 1.54) is 25.7 Å². The quantitative estimate of drug-likeness (QED) is 0.884. The number of aryl methyl sites for hydroxylation is 1. The third-order valence-electron chi connectivity index (χ3n) is 4.40. The van der Waals surface area contributed by atoms with E-state index >= 15 is 0 Å². The molecule has 19 heavy (non-hydrogen) atoms. The highest BCUT2D eigenvalue weighted by atomic mass is 14.9. The lowest BCUT2D eigenvalue weighted by molar-refractivity contribution is 0.515. The number of nitrogens with two attached hydrogens (primary N) is 1. The maximum absolute atomic E-state index is 6.04. The van der Waals surface area contributed by atoms with E-state index in [1.54, 1.807) is 0 Å². The molecule has 3 heteroatoms. The van der Waals surface area contributed by atoms with E-state index in [2.05, 4.69) is 31.8 Å². The van der Waals surface area contributed by atoms with Crippen LogP contribution in [0.5, 0.6) is 0 Å². The molecule has 0 radical (unpaired) electrons. The van der Waals surface area contributed by atoms with Crippen molar-refractivity contribution >= 4 is 0 Å². The van der Waals surface area contributed by atoms with Crippen LogP contribution in [0.2, 0.25) is 0 Å². The molecule has 3 atom stereocenters. The molecule has 1 aliphatic rings. The lowest BCUT2D eigenvalue weighted by Crippen LogP contribution is -2.22. The summed E-state index contributed by atoms with van der Waals surface area (Å²) in [5.41, 5.74) is 8.25. The summed E-state index contributed by atoms with van der Waals surface area (Å²) < 4.78 is 0. The molecule has 0 saturated heterocycles. The van der Waals surface area contributed by atoms with E-state index in [0.717, 1.165) is 36.0 Å². The van der Waals surface area contributed by atoms with Crippen LogP contribution in [0, 0.1) is 12.8 Å². The van der Waals surface area contributed by atoms with Crippen LogP contribution in [0.1, 0.15) is 69.1 Å². The Hall–Kier alpha value is -0.960. The second kappa shape index (κ2) is 6.47. The molecular formula is C16H27N3. The summed E-state index contributed by atoms with van der Waals surface area (Å²) in [7, 11) is 0. The summed E-state index contributed by atoms with van der Waals surface area (Å²) in [6, 6.07) is 2.31. The molecule has 3 unspecified atom stereocenters. The molecule has 3 nitrogen and oxygen atoms in total. The number of hydrogen-bond donors (Lipinski definition) is 1. The fourth-order valence-electron chi connectivity index (χ4n) is 3.04. The molecule has 2 N–H and O–H groups in total. The maximum Gasteiger partial charge on any atom is 0.131 e. The Bertz CT molecular complexity index is 416. The Morgan fingerprint density at radius 2 is 2.11 bits per heavy atom. The molecule has 0 bridgehead atoms. The van der Waals surface area contributed by atoms with Crippen LogP contribution in [0.3, 0.4) is 0 Å². The van der Waals surface area contributed by atoms with Gasteiger partial charge in [-0.25, -0.2) is 9.97 Å². The number of aromatic nitrogens is 2. The molecule has 0 spiro atoms. The van der Waals surface area contributed by atoms with Crippen LogP contribution in [-0.4, -0.2) is 16.0 Å². The van der Waals surface area contributed by atoms with E-state index in [-0.39, 0.29) is 6.04 Å². The molecule has 1 aromatic rings. The Balaban J connectivity index is 2.12. The van der Waals surface area contributed by atoms with Crippen LogP contribution in [-0.2, 0) is 6.42 Å². The van der Waals surface area contributed by atoms with Gasteiger partial charge in [0, 0.05) is 29.8 Å². The Morgan fingerprint density at radius 3 is 2.74 bits per heavy atom. The van der Waals surface area contributed by atoms with Gasteiger partial charge in [-0.05, 0) is 44.6 Å². The van der Waals surface area contributed by atoms with Crippen molar-refractivity contribution in [2.24, 2.45) is 11.7 Å². The van der Waals surface area contributed by atoms with Crippen molar-refractivity contribution in [2.45, 2.75) is 71.3 Å². The average Bonchev–Trinajstić information content (AvgIpc) is 2.86. The van der Waals surface area contributed by atoms with Crippen molar-refractivity contribution < 1.29 is 0 Å². The molecule has 1 heterocycles. The summed E-state index contributed by atoms with van der Waals surface area (Å²) in [6.07, 6.45) is 7.01. The molecule has 106 valence electrons. The van der Waals surface area contributed by atoms with Gasteiger partial charge in [0.25, 0.3) is 0 Å². The monoisotopic (exact) mass is 261 g/mol. The molecule has 1 aromatic heterocycles. The average molecular weight is 261 g/mol. The first kappa shape index (κ1) is 14.4. The number of hydrogen-bond acceptors (Lipinski definition) is 3. The minimum absolute atomic E-state index is 0.217. The largest absolute Gasteiger partial charge is 0.327 e. The first-order valence-corrected chi connectivity index (χ1v) is 7.72. The zero-order chi connectivity index (χ0) is 13.8. The predicted molar refractivity (Wildman–Crippen MR) is 79.1 cm³/mol. The van der Waals surface area contributed by atoms with Crippen molar-refractivity contribution in [3.8, 4) is 0 Å². The van der Waals surface area contributed by atoms with Gasteiger partial charge in [-0.3, -0.25) is 0 Å². The van der Waals surface area contributed by atoms with Gasteiger partial charge in [-0.15, -0.1) is 0 Å². The van der Waals surface area contributed by atoms with Gasteiger partial charge in [0.2, 0.25) is 0 Å². The molecule has 2 rings (SSSR count). The molecular weight excluding hydrogens is 234 g/mol. The predicted octanol–water partition coefficient (Wildman–Crippen LogP) is 3.36. The summed E-state index contributed by atoms with van der Waals surface area (Å²) >= 11 is 0. The lowest BCUT2D eigenvalue weighted by Gasteiger charge is -2.13. The van der Waals surface area contributed by atoms with Gasteiger partial charge in [-0.2, -0.15) is 0 Å². The highest BCUT2D eigenvalue weighted by molar-refractivity contribution is 5.14. The van der Waals surface area contributed by atoms with Gasteiger partial charge in [0.15, 0.2) is 0 Å². The first-order chi connectivity index (χ1) is 9.12. The van der Waals surface area contributed by atoms with Gasteiger partial charge in [-0.1, -0.05) is 20.3 Å². The molecule has 0 amide bonds. The fraction of sp³-hybridized carbons (Fsp3) is 0.750. The van der Waals surface area contributed by atoms with Gasteiger partial charge >= 0.3 is 0 Å². The molecule has 1 aliphatic carbocycles. The third kappa shape index (κ3) is 3.75. The van der Waals surface area contributed by atoms with Crippen molar-refractivity contribution in [3.05, 3.63) is 23.3 Å². The van der Waals surface area contributed by atoms with Crippen LogP contribution in [0.15, 0.2) is 6.07 Å². The van der Waals surface area contributed by atoms with Crippen molar-refractivity contribution in [1.82, 2.24) is 9.97 Å². The topological polar surface area (TPSA) is 51.8 Å². The van der Waals surface area contributed by atoms with Crippen molar-refractivity contribution in [2.75, 3.05) is 0 Å². The Kier molecular flexibility index (Phi) is 4.92. The highest BCUT2D eigenvalue weighted by Crippen LogP contribution is 2.38. The van der Waals surface area contributed by atoms with E-state index < -0.39 is 0 Å². The maximum atomic E-state index is 6.04. The standard InChI is InChI=1S/C16H27N3/c1-4-12-6-7-13(9-12)16-18-11(3)8-15(19-16)10-14(17)5-2/h8,12-14H,4-7,9-10,17H2,1-3H3. The molecule has 1 saturated carbocycles. The summed E-state index contributed by atoms with van der Waals surface area (Å²) in [5, 5.41) is 0. The first-order valence-electron chi connectivity index (χ1n) is 7.72. The number of rotatable bonds is 5. The fourth-order valence-corrected chi connectivity index (χ4v) is 3.04. The van der Waals surface area contributed by atoms with Crippen LogP contribution in [0.4, 0.5) is 0 Å². The summed E-state index contributed by atoms with van der Waals surface area (Å²) in [5.74, 6) is 2.51. The van der Waals surface area contributed by atoms with Crippen LogP contribution in [0.25, 0.3) is 0 Å². The third-order valence-corrected chi connectivity index (χ3v) is 4.40. The van der Waals surface area contributed by atoms with Crippen LogP contribution >= 0.6 is 0 Å². The molecule has 1 fully saturated rings. The SMILES string of the molecule is CCC(N)Cc1cc(C)nc(C2CCC(CC)C2)n1. The normalized spacial score (nSPS) is 24.6. The Morgan fingerprint density at radius 1 is 1.32 bits per heavy atom. The van der Waals surface area contributed by atoms with Crippen molar-refractivity contribution in [3.63, 3.8) is 0 Å². The zero-order valence-electron chi connectivity index (χ0n) is 12.5. The van der Waals surface area contributed by atoms with Crippen molar-refractivity contribution in [1.29, 1.82) is 0 Å². The van der Waals surface area contributed by atoms with Gasteiger partial charge in [0.1, 0.15) is 5.82 Å². The lowest BCUT2D eigenvalue weighted by atomic mass is 10.0. The van der Waals surface area contributed by atoms with Crippen LogP contribution < -0.4 is 5.73 Å².